The van der Waals surface area contributed by atoms with E-state index in [1.165, 1.54) is 6.07 Å². The van der Waals surface area contributed by atoms with Crippen molar-refractivity contribution in [2.45, 2.75) is 17.7 Å². The van der Waals surface area contributed by atoms with Crippen molar-refractivity contribution in [1.82, 2.24) is 0 Å². The third-order valence-electron chi connectivity index (χ3n) is 4.12. The molecule has 0 saturated heterocycles. The smallest absolute Gasteiger partial charge is 0.257 e. The lowest BCUT2D eigenvalue weighted by Gasteiger charge is -2.12. The number of aryl methyl sites for hydroxylation is 1. The molecule has 8 heteroatoms. The fourth-order valence-corrected chi connectivity index (χ4v) is 3.23. The number of halogens is 3. The molecule has 2 aromatic carbocycles. The highest BCUT2D eigenvalue weighted by molar-refractivity contribution is 6.52. The largest absolute Gasteiger partial charge is 0.399 e. The zero-order valence-electron chi connectivity index (χ0n) is 13.8. The molecule has 1 fully saturated rings. The third kappa shape index (κ3) is 4.06. The summed E-state index contributed by atoms with van der Waals surface area (Å²) in [5, 5.41) is 5.76. The summed E-state index contributed by atoms with van der Waals surface area (Å²) >= 11 is 17.9. The Hall–Kier alpha value is -1.95. The van der Waals surface area contributed by atoms with E-state index in [0.717, 1.165) is 5.56 Å². The fraction of sp³-hybridized carbons (Fsp3) is 0.222. The Morgan fingerprint density at radius 1 is 1.15 bits per heavy atom. The van der Waals surface area contributed by atoms with Gasteiger partial charge in [-0.05, 0) is 55.3 Å². The van der Waals surface area contributed by atoms with Crippen LogP contribution < -0.4 is 16.4 Å². The number of rotatable bonds is 4. The molecule has 1 saturated carbocycles. The van der Waals surface area contributed by atoms with Crippen molar-refractivity contribution in [3.63, 3.8) is 0 Å². The highest BCUT2D eigenvalue weighted by Gasteiger charge is 2.56. The van der Waals surface area contributed by atoms with Gasteiger partial charge in [-0.25, -0.2) is 0 Å². The molecule has 0 radical (unpaired) electrons. The second kappa shape index (κ2) is 6.99. The molecule has 0 spiro atoms. The molecule has 1 aliphatic carbocycles. The lowest BCUT2D eigenvalue weighted by Crippen LogP contribution is -2.18. The summed E-state index contributed by atoms with van der Waals surface area (Å²) in [7, 11) is 0. The molecule has 0 aliphatic heterocycles. The molecule has 5 nitrogen and oxygen atoms in total. The lowest BCUT2D eigenvalue weighted by atomic mass is 10.1. The van der Waals surface area contributed by atoms with Crippen LogP contribution in [0.2, 0.25) is 5.02 Å². The van der Waals surface area contributed by atoms with E-state index in [1.54, 1.807) is 30.3 Å². The van der Waals surface area contributed by atoms with Crippen molar-refractivity contribution in [3.05, 3.63) is 52.5 Å². The number of nitrogens with one attached hydrogen (secondary N) is 2. The van der Waals surface area contributed by atoms with Gasteiger partial charge in [-0.3, -0.25) is 9.59 Å². The number of hydrogen-bond donors (Lipinski definition) is 3. The van der Waals surface area contributed by atoms with E-state index < -0.39 is 16.2 Å². The molecule has 1 unspecified atom stereocenters. The van der Waals surface area contributed by atoms with Gasteiger partial charge in [0.1, 0.15) is 4.33 Å². The first kappa shape index (κ1) is 18.8. The Morgan fingerprint density at radius 3 is 2.46 bits per heavy atom. The summed E-state index contributed by atoms with van der Waals surface area (Å²) in [4.78, 5) is 24.7. The standard InChI is InChI=1S/C18H16Cl3N3O2/c1-9-6-10(22)2-5-15(9)24-16(25)12-7-11(3-4-14(12)19)23-17(26)13-8-18(13,20)21/h2-7,13H,8,22H2,1H3,(H,23,26)(H,24,25). The van der Waals surface area contributed by atoms with Crippen molar-refractivity contribution in [3.8, 4) is 0 Å². The van der Waals surface area contributed by atoms with E-state index in [9.17, 15) is 9.59 Å². The van der Waals surface area contributed by atoms with E-state index in [-0.39, 0.29) is 16.5 Å². The van der Waals surface area contributed by atoms with Gasteiger partial charge in [-0.15, -0.1) is 23.2 Å². The van der Waals surface area contributed by atoms with Crippen LogP contribution in [0.3, 0.4) is 0 Å². The average Bonchev–Trinajstić information content (AvgIpc) is 3.20. The molecule has 136 valence electrons. The summed E-state index contributed by atoms with van der Waals surface area (Å²) in [6.45, 7) is 1.84. The Labute approximate surface area is 165 Å². The molecule has 26 heavy (non-hydrogen) atoms. The monoisotopic (exact) mass is 411 g/mol. The highest BCUT2D eigenvalue weighted by Crippen LogP contribution is 2.53. The van der Waals surface area contributed by atoms with Crippen LogP contribution in [0, 0.1) is 12.8 Å². The van der Waals surface area contributed by atoms with Crippen molar-refractivity contribution in [2.24, 2.45) is 5.92 Å². The Kier molecular flexibility index (Phi) is 5.06. The fourth-order valence-electron chi connectivity index (χ4n) is 2.52. The first-order valence-corrected chi connectivity index (χ1v) is 8.96. The number of alkyl halides is 2. The van der Waals surface area contributed by atoms with Crippen LogP contribution in [0.25, 0.3) is 0 Å². The third-order valence-corrected chi connectivity index (χ3v) is 5.28. The van der Waals surface area contributed by atoms with Crippen LogP contribution in [-0.2, 0) is 4.79 Å². The summed E-state index contributed by atoms with van der Waals surface area (Å²) in [6, 6.07) is 9.83. The quantitative estimate of drug-likeness (QED) is 0.506. The summed E-state index contributed by atoms with van der Waals surface area (Å²) in [5.74, 6) is -1.15. The van der Waals surface area contributed by atoms with Crippen molar-refractivity contribution >= 4 is 63.7 Å². The summed E-state index contributed by atoms with van der Waals surface area (Å²) in [5.41, 5.74) is 8.45. The van der Waals surface area contributed by atoms with Crippen LogP contribution >= 0.6 is 34.8 Å². The van der Waals surface area contributed by atoms with Gasteiger partial charge >= 0.3 is 0 Å². The number of nitrogens with two attached hydrogens (primary N) is 1. The van der Waals surface area contributed by atoms with Gasteiger partial charge in [-0.1, -0.05) is 11.6 Å². The van der Waals surface area contributed by atoms with E-state index in [2.05, 4.69) is 10.6 Å². The van der Waals surface area contributed by atoms with Crippen molar-refractivity contribution < 1.29 is 9.59 Å². The van der Waals surface area contributed by atoms with Crippen molar-refractivity contribution in [2.75, 3.05) is 16.4 Å². The van der Waals surface area contributed by atoms with Gasteiger partial charge in [0.05, 0.1) is 16.5 Å². The molecule has 0 aromatic heterocycles. The van der Waals surface area contributed by atoms with E-state index in [1.807, 2.05) is 6.92 Å². The van der Waals surface area contributed by atoms with E-state index >= 15 is 0 Å². The van der Waals surface area contributed by atoms with Gasteiger partial charge in [0.2, 0.25) is 5.91 Å². The molecule has 0 heterocycles. The molecule has 4 N–H and O–H groups in total. The minimum absolute atomic E-state index is 0.236. The van der Waals surface area contributed by atoms with Crippen molar-refractivity contribution in [1.29, 1.82) is 0 Å². The maximum atomic E-state index is 12.6. The number of benzene rings is 2. The molecule has 1 aliphatic rings. The zero-order chi connectivity index (χ0) is 19.1. The first-order valence-electron chi connectivity index (χ1n) is 7.83. The van der Waals surface area contributed by atoms with Gasteiger partial charge in [0.25, 0.3) is 5.91 Å². The second-order valence-electron chi connectivity index (χ2n) is 6.23. The van der Waals surface area contributed by atoms with Crippen LogP contribution in [0.15, 0.2) is 36.4 Å². The summed E-state index contributed by atoms with van der Waals surface area (Å²) in [6.07, 6.45) is 0.402. The number of carbonyl (C=O) groups is 2. The van der Waals surface area contributed by atoms with Crippen LogP contribution in [0.5, 0.6) is 0 Å². The number of nitrogen functional groups attached to an aromatic ring is 1. The van der Waals surface area contributed by atoms with Gasteiger partial charge < -0.3 is 16.4 Å². The molecule has 2 amide bonds. The van der Waals surface area contributed by atoms with E-state index in [4.69, 9.17) is 40.5 Å². The Morgan fingerprint density at radius 2 is 1.85 bits per heavy atom. The lowest BCUT2D eigenvalue weighted by molar-refractivity contribution is -0.117. The molecular weight excluding hydrogens is 397 g/mol. The van der Waals surface area contributed by atoms with Crippen LogP contribution in [0.4, 0.5) is 17.1 Å². The molecule has 0 bridgehead atoms. The van der Waals surface area contributed by atoms with Gasteiger partial charge in [0.15, 0.2) is 0 Å². The minimum atomic E-state index is -1.01. The minimum Gasteiger partial charge on any atom is -0.399 e. The topological polar surface area (TPSA) is 84.2 Å². The van der Waals surface area contributed by atoms with Crippen LogP contribution in [-0.4, -0.2) is 16.1 Å². The van der Waals surface area contributed by atoms with Crippen LogP contribution in [0.1, 0.15) is 22.3 Å². The van der Waals surface area contributed by atoms with Gasteiger partial charge in [0, 0.05) is 17.1 Å². The predicted octanol–water partition coefficient (Wildman–Crippen LogP) is 4.62. The number of amides is 2. The molecule has 1 atom stereocenters. The molecule has 3 rings (SSSR count). The average molecular weight is 413 g/mol. The number of hydrogen-bond acceptors (Lipinski definition) is 3. The molecular formula is C18H16Cl3N3O2. The maximum Gasteiger partial charge on any atom is 0.257 e. The molecule has 2 aromatic rings. The normalized spacial score (nSPS) is 17.5. The number of anilines is 3. The maximum absolute atomic E-state index is 12.6. The Bertz CT molecular complexity index is 899. The number of carbonyl (C=O) groups excluding carboxylic acids is 2. The SMILES string of the molecule is Cc1cc(N)ccc1NC(=O)c1cc(NC(=O)C2CC2(Cl)Cl)ccc1Cl. The predicted molar refractivity (Wildman–Crippen MR) is 106 cm³/mol. The zero-order valence-corrected chi connectivity index (χ0v) is 16.0. The second-order valence-corrected chi connectivity index (χ2v) is 8.18. The summed E-state index contributed by atoms with van der Waals surface area (Å²) < 4.78 is -1.01. The highest BCUT2D eigenvalue weighted by atomic mass is 35.5. The van der Waals surface area contributed by atoms with E-state index in [0.29, 0.717) is 23.5 Å². The first-order chi connectivity index (χ1) is 12.2. The van der Waals surface area contributed by atoms with Gasteiger partial charge in [-0.2, -0.15) is 0 Å². The Balaban J connectivity index is 1.76.